The van der Waals surface area contributed by atoms with Gasteiger partial charge in [0.05, 0.1) is 11.0 Å². The largest absolute Gasteiger partial charge is 0.420 e. The summed E-state index contributed by atoms with van der Waals surface area (Å²) in [5.41, 5.74) is 8.46. The number of fused-ring (bicyclic) bond motifs is 3. The fourth-order valence-corrected chi connectivity index (χ4v) is 4.44. The molecule has 3 N–H and O–H groups in total. The molecule has 0 saturated carbocycles. The molecule has 3 fully saturated rings. The van der Waals surface area contributed by atoms with Crippen molar-refractivity contribution in [3.05, 3.63) is 22.7 Å². The highest BCUT2D eigenvalue weighted by atomic mass is 16.5. The van der Waals surface area contributed by atoms with Crippen LogP contribution >= 0.6 is 0 Å². The Kier molecular flexibility index (Phi) is 2.57. The maximum absolute atomic E-state index is 9.72. The summed E-state index contributed by atoms with van der Waals surface area (Å²) in [7, 11) is 0. The highest BCUT2D eigenvalue weighted by molar-refractivity contribution is 5.56. The van der Waals surface area contributed by atoms with E-state index in [4.69, 9.17) is 10.5 Å². The number of aromatic amines is 1. The lowest BCUT2D eigenvalue weighted by molar-refractivity contribution is 0.0383. The number of nitriles is 1. The fraction of sp³-hybridized carbons (Fsp3) is 0.600. The van der Waals surface area contributed by atoms with Gasteiger partial charge in [-0.15, -0.1) is 5.10 Å². The predicted molar refractivity (Wildman–Crippen MR) is 76.3 cm³/mol. The monoisotopic (exact) mass is 285 g/mol. The number of H-pyrrole nitrogens is 1. The average molecular weight is 285 g/mol. The first kappa shape index (κ1) is 12.7. The molecule has 5 rings (SSSR count). The van der Waals surface area contributed by atoms with Gasteiger partial charge in [-0.25, -0.2) is 0 Å². The fourth-order valence-electron chi connectivity index (χ4n) is 4.44. The topological polar surface area (TPSA) is 91.0 Å². The van der Waals surface area contributed by atoms with Gasteiger partial charge in [0.25, 0.3) is 0 Å². The van der Waals surface area contributed by atoms with Crippen LogP contribution in [0.2, 0.25) is 0 Å². The lowest BCUT2D eigenvalue weighted by atomic mass is 9.58. The van der Waals surface area contributed by atoms with E-state index in [0.29, 0.717) is 17.4 Å². The SMILES string of the molecule is CCc1[nH]nc2c1[C@]1(CN3CCC1CC3)C(C#N)=C(N)O2. The molecule has 5 heterocycles. The van der Waals surface area contributed by atoms with Gasteiger partial charge in [-0.3, -0.25) is 5.10 Å². The Labute approximate surface area is 123 Å². The van der Waals surface area contributed by atoms with Crippen LogP contribution < -0.4 is 10.5 Å². The van der Waals surface area contributed by atoms with E-state index < -0.39 is 0 Å². The Balaban J connectivity index is 1.99. The van der Waals surface area contributed by atoms with Crippen LogP contribution in [0.1, 0.15) is 31.0 Å². The molecule has 0 aromatic carbocycles. The normalized spacial score (nSPS) is 33.7. The summed E-state index contributed by atoms with van der Waals surface area (Å²) >= 11 is 0. The highest BCUT2D eigenvalue weighted by Crippen LogP contribution is 2.54. The van der Waals surface area contributed by atoms with Crippen LogP contribution in [0, 0.1) is 17.2 Å². The number of aromatic nitrogens is 2. The number of hydrogen-bond donors (Lipinski definition) is 2. The van der Waals surface area contributed by atoms with E-state index in [1.165, 1.54) is 0 Å². The standard InChI is InChI=1S/C15H19N5O/c1-2-11-12-14(19-18-11)21-13(17)10(7-16)15(12)8-20-5-3-9(15)4-6-20/h9H,2-6,8,17H2,1H3,(H,18,19)/t15-/m0/s1. The van der Waals surface area contributed by atoms with Crippen molar-refractivity contribution >= 4 is 0 Å². The molecule has 2 bridgehead atoms. The average Bonchev–Trinajstić information content (AvgIpc) is 2.92. The minimum absolute atomic E-state index is 0.230. The molecule has 1 aromatic heterocycles. The molecule has 0 amide bonds. The van der Waals surface area contributed by atoms with Gasteiger partial charge in [-0.1, -0.05) is 6.92 Å². The number of piperidine rings is 3. The summed E-state index contributed by atoms with van der Waals surface area (Å²) in [6.07, 6.45) is 3.05. The Hall–Kier alpha value is -2.00. The van der Waals surface area contributed by atoms with Crippen molar-refractivity contribution in [1.82, 2.24) is 15.1 Å². The number of ether oxygens (including phenoxy) is 1. The van der Waals surface area contributed by atoms with E-state index in [9.17, 15) is 5.26 Å². The Morgan fingerprint density at radius 3 is 2.86 bits per heavy atom. The summed E-state index contributed by atoms with van der Waals surface area (Å²) in [5, 5.41) is 17.1. The quantitative estimate of drug-likeness (QED) is 0.804. The molecular weight excluding hydrogens is 266 g/mol. The third-order valence-electron chi connectivity index (χ3n) is 5.38. The van der Waals surface area contributed by atoms with Crippen LogP contribution in [0.3, 0.4) is 0 Å². The number of aryl methyl sites for hydroxylation is 1. The van der Waals surface area contributed by atoms with Crippen molar-refractivity contribution in [3.8, 4) is 11.9 Å². The summed E-state index contributed by atoms with van der Waals surface area (Å²) in [5.74, 6) is 1.24. The molecule has 4 aliphatic rings. The van der Waals surface area contributed by atoms with Gasteiger partial charge in [0, 0.05) is 12.2 Å². The zero-order valence-corrected chi connectivity index (χ0v) is 12.1. The van der Waals surface area contributed by atoms with Gasteiger partial charge in [0.2, 0.25) is 11.8 Å². The van der Waals surface area contributed by atoms with Crippen LogP contribution in [0.25, 0.3) is 0 Å². The van der Waals surface area contributed by atoms with E-state index >= 15 is 0 Å². The van der Waals surface area contributed by atoms with Gasteiger partial charge >= 0.3 is 0 Å². The summed E-state index contributed by atoms with van der Waals surface area (Å²) in [6.45, 7) is 5.17. The first-order chi connectivity index (χ1) is 10.2. The van der Waals surface area contributed by atoms with Crippen LogP contribution in [-0.4, -0.2) is 34.7 Å². The molecule has 3 saturated heterocycles. The Morgan fingerprint density at radius 1 is 1.52 bits per heavy atom. The van der Waals surface area contributed by atoms with Crippen molar-refractivity contribution in [3.63, 3.8) is 0 Å². The lowest BCUT2D eigenvalue weighted by Crippen LogP contribution is -2.59. The second kappa shape index (κ2) is 4.25. The van der Waals surface area contributed by atoms with Gasteiger partial charge in [0.1, 0.15) is 11.6 Å². The molecule has 6 heteroatoms. The number of nitrogens with one attached hydrogen (secondary N) is 1. The van der Waals surface area contributed by atoms with Crippen LogP contribution in [0.5, 0.6) is 5.88 Å². The third-order valence-corrected chi connectivity index (χ3v) is 5.38. The van der Waals surface area contributed by atoms with Crippen molar-refractivity contribution in [1.29, 1.82) is 5.26 Å². The highest BCUT2D eigenvalue weighted by Gasteiger charge is 2.56. The van der Waals surface area contributed by atoms with Crippen molar-refractivity contribution in [2.45, 2.75) is 31.6 Å². The Morgan fingerprint density at radius 2 is 2.29 bits per heavy atom. The number of rotatable bonds is 1. The molecule has 0 unspecified atom stereocenters. The summed E-state index contributed by atoms with van der Waals surface area (Å²) < 4.78 is 5.63. The molecule has 1 atom stereocenters. The van der Waals surface area contributed by atoms with E-state index in [2.05, 4.69) is 28.1 Å². The van der Waals surface area contributed by atoms with E-state index in [1.54, 1.807) is 0 Å². The van der Waals surface area contributed by atoms with E-state index in [-0.39, 0.29) is 11.3 Å². The van der Waals surface area contributed by atoms with Gasteiger partial charge < -0.3 is 15.4 Å². The minimum Gasteiger partial charge on any atom is -0.420 e. The second-order valence-electron chi connectivity index (χ2n) is 6.21. The van der Waals surface area contributed by atoms with Crippen molar-refractivity contribution in [2.24, 2.45) is 11.7 Å². The molecule has 1 spiro atoms. The maximum Gasteiger partial charge on any atom is 0.244 e. The van der Waals surface area contributed by atoms with E-state index in [1.807, 2.05) is 0 Å². The minimum atomic E-state index is -0.332. The van der Waals surface area contributed by atoms with Gasteiger partial charge in [0.15, 0.2) is 0 Å². The lowest BCUT2D eigenvalue weighted by Gasteiger charge is -2.54. The molecular formula is C15H19N5O. The smallest absolute Gasteiger partial charge is 0.244 e. The number of nitrogens with zero attached hydrogens (tertiary/aromatic N) is 3. The van der Waals surface area contributed by atoms with Crippen molar-refractivity contribution in [2.75, 3.05) is 19.6 Å². The Bertz CT molecular complexity index is 662. The molecule has 1 aromatic rings. The van der Waals surface area contributed by atoms with Crippen molar-refractivity contribution < 1.29 is 4.74 Å². The first-order valence-electron chi connectivity index (χ1n) is 7.59. The van der Waals surface area contributed by atoms with Crippen LogP contribution in [0.15, 0.2) is 11.5 Å². The zero-order valence-electron chi connectivity index (χ0n) is 12.1. The second-order valence-corrected chi connectivity index (χ2v) is 6.21. The molecule has 21 heavy (non-hydrogen) atoms. The molecule has 110 valence electrons. The van der Waals surface area contributed by atoms with Gasteiger partial charge in [-0.2, -0.15) is 5.26 Å². The van der Waals surface area contributed by atoms with Gasteiger partial charge in [-0.05, 0) is 38.3 Å². The first-order valence-corrected chi connectivity index (χ1v) is 7.59. The number of hydrogen-bond acceptors (Lipinski definition) is 5. The molecule has 0 radical (unpaired) electrons. The third kappa shape index (κ3) is 1.47. The summed E-state index contributed by atoms with van der Waals surface area (Å²) in [4.78, 5) is 2.44. The zero-order chi connectivity index (χ0) is 14.6. The molecule has 6 nitrogen and oxygen atoms in total. The van der Waals surface area contributed by atoms with Crippen LogP contribution in [0.4, 0.5) is 0 Å². The van der Waals surface area contributed by atoms with Crippen LogP contribution in [-0.2, 0) is 11.8 Å². The summed E-state index contributed by atoms with van der Waals surface area (Å²) in [6, 6.07) is 2.34. The molecule has 4 aliphatic heterocycles. The maximum atomic E-state index is 9.72. The number of nitrogens with two attached hydrogens (primary N) is 1. The van der Waals surface area contributed by atoms with E-state index in [0.717, 1.165) is 50.2 Å². The predicted octanol–water partition coefficient (Wildman–Crippen LogP) is 1.02. The molecule has 0 aliphatic carbocycles.